The van der Waals surface area contributed by atoms with Gasteiger partial charge in [0, 0.05) is 104 Å². The van der Waals surface area contributed by atoms with Crippen LogP contribution < -0.4 is 16.0 Å². The molecule has 0 saturated heterocycles. The molecule has 9 saturated carbocycles. The van der Waals surface area contributed by atoms with Crippen LogP contribution in [0.1, 0.15) is 177 Å². The topological polar surface area (TPSA) is 135 Å². The lowest BCUT2D eigenvalue weighted by atomic mass is 9.62. The first-order chi connectivity index (χ1) is 57.2. The van der Waals surface area contributed by atoms with E-state index in [1.165, 1.54) is 75.3 Å². The minimum Gasteiger partial charge on any atom is -0.364 e. The average Bonchev–Trinajstić information content (AvgIpc) is 1.74. The lowest BCUT2D eigenvalue weighted by Gasteiger charge is -2.47. The summed E-state index contributed by atoms with van der Waals surface area (Å²) in [6.45, 7) is 49.8. The fourth-order valence-electron chi connectivity index (χ4n) is 20.6. The predicted molar refractivity (Wildman–Crippen MR) is 461 cm³/mol. The van der Waals surface area contributed by atoms with Crippen LogP contribution in [0, 0.1) is 125 Å². The summed E-state index contributed by atoms with van der Waals surface area (Å²) in [5.74, 6) is -1.78. The van der Waals surface area contributed by atoms with E-state index in [-0.39, 0.29) is 135 Å². The number of benzene rings is 6. The van der Waals surface area contributed by atoms with Gasteiger partial charge in [0.05, 0.1) is 53.3 Å². The number of hydrogen-bond donors (Lipinski definition) is 6. The smallest absolute Gasteiger partial charge is 0.223 e. The van der Waals surface area contributed by atoms with Crippen LogP contribution in [0.5, 0.6) is 0 Å². The fourth-order valence-corrected chi connectivity index (χ4v) is 20.6. The molecule has 6 atom stereocenters. The van der Waals surface area contributed by atoms with Crippen molar-refractivity contribution < 1.29 is 39.5 Å². The number of H-pyrrole nitrogens is 3. The van der Waals surface area contributed by atoms with Gasteiger partial charge in [-0.15, -0.1) is 0 Å². The number of halogens is 9. The molecule has 6 aromatic carbocycles. The zero-order valence-corrected chi connectivity index (χ0v) is 69.6. The van der Waals surface area contributed by atoms with E-state index >= 15 is 13.2 Å². The molecule has 9 fully saturated rings. The van der Waals surface area contributed by atoms with Gasteiger partial charge in [0.2, 0.25) is 17.1 Å². The van der Waals surface area contributed by atoms with Crippen LogP contribution >= 0.6 is 0 Å². The van der Waals surface area contributed by atoms with Crippen molar-refractivity contribution in [2.45, 2.75) is 195 Å². The molecule has 12 aromatic rings. The second-order valence-corrected chi connectivity index (χ2v) is 37.5. The number of hydrogen-bond acceptors (Lipinski definition) is 6. The molecule has 0 radical (unpaired) electrons. The van der Waals surface area contributed by atoms with Crippen molar-refractivity contribution in [3.05, 3.63) is 231 Å². The highest BCUT2D eigenvalue weighted by Gasteiger charge is 2.46. The number of anilines is 3. The van der Waals surface area contributed by atoms with Gasteiger partial charge in [0.25, 0.3) is 0 Å². The zero-order chi connectivity index (χ0) is 85.0. The Morgan fingerprint density at radius 3 is 0.767 bits per heavy atom. The Hall–Kier alpha value is -11.4. The molecule has 9 aliphatic carbocycles. The van der Waals surface area contributed by atoms with E-state index in [2.05, 4.69) is 143 Å². The number of rotatable bonds is 12. The number of aromatic amines is 3. The third-order valence-corrected chi connectivity index (χ3v) is 27.5. The zero-order valence-electron chi connectivity index (χ0n) is 69.6. The third kappa shape index (κ3) is 15.2. The van der Waals surface area contributed by atoms with Crippen LogP contribution in [-0.2, 0) is 16.2 Å². The van der Waals surface area contributed by atoms with Crippen LogP contribution in [0.15, 0.2) is 128 Å². The molecular formula is C99H99F9N12. The standard InChI is InChI=1S/3C33H33F3N4/c3*1-17-18-6-8-20(9-7-18)28(17)39-32-27(36)26(19-10-12-21(13-11-19)33(2,3)4)31(37-5)30(40-32)24-16-38-29-23(24)14-22(34)15-25(29)35/h3*10-18,20,28,38H,6-9H2,1-4H3,(H,39,40)/t2*17-,18?,20?,28+;/m10./s1. The number of nitrogens with zero attached hydrogens (tertiary/aromatic N) is 6. The van der Waals surface area contributed by atoms with Crippen molar-refractivity contribution in [2.75, 3.05) is 16.0 Å². The largest absolute Gasteiger partial charge is 0.364 e. The Bertz CT molecular complexity index is 5480. The molecule has 0 amide bonds. The van der Waals surface area contributed by atoms with Crippen molar-refractivity contribution in [1.82, 2.24) is 29.9 Å². The molecule has 618 valence electrons. The minimum absolute atomic E-state index is 0.00958. The monoisotopic (exact) mass is 1630 g/mol. The molecule has 6 aromatic heterocycles. The molecule has 0 aliphatic heterocycles. The molecule has 2 unspecified atom stereocenters. The van der Waals surface area contributed by atoms with Crippen LogP contribution in [0.4, 0.5) is 74.0 Å². The van der Waals surface area contributed by atoms with Gasteiger partial charge >= 0.3 is 0 Å². The summed E-state index contributed by atoms with van der Waals surface area (Å²) in [6, 6.07) is 29.0. The molecule has 120 heavy (non-hydrogen) atoms. The molecule has 6 heterocycles. The average molecular weight is 1630 g/mol. The van der Waals surface area contributed by atoms with E-state index in [0.29, 0.717) is 86.6 Å². The van der Waals surface area contributed by atoms with Gasteiger partial charge in [0.1, 0.15) is 34.9 Å². The minimum atomic E-state index is -0.740. The molecule has 6 bridgehead atoms. The number of fused-ring (bicyclic) bond motifs is 12. The first kappa shape index (κ1) is 82.3. The first-order valence-corrected chi connectivity index (χ1v) is 42.0. The maximum absolute atomic E-state index is 16.5. The maximum atomic E-state index is 16.5. The first-order valence-electron chi connectivity index (χ1n) is 42.0. The van der Waals surface area contributed by atoms with Gasteiger partial charge in [-0.1, -0.05) is 156 Å². The highest BCUT2D eigenvalue weighted by molar-refractivity contribution is 6.05. The molecule has 6 N–H and O–H groups in total. The summed E-state index contributed by atoms with van der Waals surface area (Å²) >= 11 is 0. The second kappa shape index (κ2) is 32.0. The van der Waals surface area contributed by atoms with Crippen molar-refractivity contribution >= 4 is 67.2 Å². The normalized spacial score (nSPS) is 22.4. The highest BCUT2D eigenvalue weighted by atomic mass is 19.2. The van der Waals surface area contributed by atoms with E-state index < -0.39 is 52.4 Å². The Labute approximate surface area is 694 Å². The van der Waals surface area contributed by atoms with Gasteiger partial charge in [-0.05, 0) is 198 Å². The lowest BCUT2D eigenvalue weighted by molar-refractivity contribution is 0.0926. The maximum Gasteiger partial charge on any atom is 0.223 e. The van der Waals surface area contributed by atoms with E-state index in [4.69, 9.17) is 19.7 Å². The Balaban J connectivity index is 0.000000134. The number of pyridine rings is 3. The van der Waals surface area contributed by atoms with Crippen molar-refractivity contribution in [3.8, 4) is 67.2 Å². The van der Waals surface area contributed by atoms with Gasteiger partial charge in [0.15, 0.2) is 34.9 Å². The number of aromatic nitrogens is 6. The molecular weight excluding hydrogens is 1530 g/mol. The highest BCUT2D eigenvalue weighted by Crippen LogP contribution is 2.54. The molecule has 12 nitrogen and oxygen atoms in total. The summed E-state index contributed by atoms with van der Waals surface area (Å²) < 4.78 is 136. The van der Waals surface area contributed by atoms with Crippen molar-refractivity contribution in [1.29, 1.82) is 0 Å². The molecule has 21 heteroatoms. The summed E-state index contributed by atoms with van der Waals surface area (Å²) in [6.07, 6.45) is 18.3. The summed E-state index contributed by atoms with van der Waals surface area (Å²) in [4.78, 5) is 33.9. The quantitative estimate of drug-likeness (QED) is 0.0533. The third-order valence-electron chi connectivity index (χ3n) is 27.5. The van der Waals surface area contributed by atoms with Crippen molar-refractivity contribution in [3.63, 3.8) is 0 Å². The summed E-state index contributed by atoms with van der Waals surface area (Å²) in [5.41, 5.74) is 7.08. The molecule has 9 aliphatic rings. The summed E-state index contributed by atoms with van der Waals surface area (Å²) in [5, 5.41) is 11.1. The van der Waals surface area contributed by atoms with Crippen LogP contribution in [0.25, 0.3) is 114 Å². The van der Waals surface area contributed by atoms with E-state index in [9.17, 15) is 26.3 Å². The molecule has 0 spiro atoms. The van der Waals surface area contributed by atoms with Crippen LogP contribution in [-0.4, -0.2) is 48.0 Å². The SMILES string of the molecule is [C-]#[N+]c1c(-c2c[nH]c3c(F)cc(F)cc23)nc(NC2C3CCC(CC3)C2C)c(F)c1-c1ccc(C(C)(C)C)cc1.[C-]#[N+]c1c(-c2c[nH]c3c(F)cc(F)cc23)nc(N[C@@H]2C3CCC(CC3)[C@H]2C)c(F)c1-c1ccc(C(C)(C)C)cc1.[C-]#[N+]c1c(-c2c[nH]c3c(F)cc(F)cc23)nc(N[C@H]2C3CCC(CC3)[C@@H]2C)c(F)c1-c1ccc(C(C)(C)C)cc1. The van der Waals surface area contributed by atoms with Gasteiger partial charge in [-0.25, -0.2) is 69.0 Å². The second-order valence-electron chi connectivity index (χ2n) is 37.5. The fraction of sp³-hybridized carbons (Fsp3) is 0.394. The lowest BCUT2D eigenvalue weighted by Crippen LogP contribution is -2.47. The Morgan fingerprint density at radius 2 is 0.558 bits per heavy atom. The van der Waals surface area contributed by atoms with Gasteiger partial charge < -0.3 is 30.9 Å². The van der Waals surface area contributed by atoms with Crippen molar-refractivity contribution in [2.24, 2.45) is 53.3 Å². The number of nitrogens with one attached hydrogen (secondary N) is 6. The summed E-state index contributed by atoms with van der Waals surface area (Å²) in [7, 11) is 0. The Morgan fingerprint density at radius 1 is 0.333 bits per heavy atom. The van der Waals surface area contributed by atoms with E-state index in [1.807, 2.05) is 72.8 Å². The predicted octanol–water partition coefficient (Wildman–Crippen LogP) is 28.2. The van der Waals surface area contributed by atoms with Gasteiger partial charge in [-0.3, -0.25) is 0 Å². The van der Waals surface area contributed by atoms with E-state index in [1.54, 1.807) is 0 Å². The molecule has 21 rings (SSSR count). The van der Waals surface area contributed by atoms with Crippen LogP contribution in [0.2, 0.25) is 0 Å². The van der Waals surface area contributed by atoms with Gasteiger partial charge in [-0.2, -0.15) is 0 Å². The van der Waals surface area contributed by atoms with E-state index in [0.717, 1.165) is 73.4 Å². The Kier molecular flexibility index (Phi) is 21.9. The van der Waals surface area contributed by atoms with Crippen LogP contribution in [0.3, 0.4) is 0 Å².